The van der Waals surface area contributed by atoms with Gasteiger partial charge in [0.2, 0.25) is 0 Å². The lowest BCUT2D eigenvalue weighted by molar-refractivity contribution is -0.136. The van der Waals surface area contributed by atoms with Gasteiger partial charge < -0.3 is 14.6 Å². The molecule has 0 aliphatic rings. The first-order valence-electron chi connectivity index (χ1n) is 7.07. The highest BCUT2D eigenvalue weighted by Gasteiger charge is 2.06. The molecule has 0 bridgehead atoms. The van der Waals surface area contributed by atoms with Crippen LogP contribution in [0, 0.1) is 0 Å². The molecule has 23 heavy (non-hydrogen) atoms. The summed E-state index contributed by atoms with van der Waals surface area (Å²) in [4.78, 5) is 15.0. The van der Waals surface area contributed by atoms with E-state index in [1.165, 1.54) is 0 Å². The Morgan fingerprint density at radius 1 is 1.09 bits per heavy atom. The van der Waals surface area contributed by atoms with Crippen molar-refractivity contribution in [3.63, 3.8) is 0 Å². The predicted octanol–water partition coefficient (Wildman–Crippen LogP) is 3.66. The molecule has 0 fully saturated rings. The maximum atomic E-state index is 10.7. The zero-order valence-corrected chi connectivity index (χ0v) is 12.5. The van der Waals surface area contributed by atoms with E-state index >= 15 is 0 Å². The fourth-order valence-electron chi connectivity index (χ4n) is 2.29. The summed E-state index contributed by atoms with van der Waals surface area (Å²) < 4.78 is 11.1. The van der Waals surface area contributed by atoms with E-state index in [-0.39, 0.29) is 6.42 Å². The number of aromatic nitrogens is 1. The molecule has 1 heterocycles. The predicted molar refractivity (Wildman–Crippen MR) is 86.2 cm³/mol. The van der Waals surface area contributed by atoms with Gasteiger partial charge in [0.15, 0.2) is 0 Å². The second-order valence-corrected chi connectivity index (χ2v) is 5.01. The molecule has 0 spiro atoms. The van der Waals surface area contributed by atoms with Crippen molar-refractivity contribution < 1.29 is 19.4 Å². The smallest absolute Gasteiger partial charge is 0.307 e. The van der Waals surface area contributed by atoms with E-state index in [2.05, 4.69) is 4.98 Å². The summed E-state index contributed by atoms with van der Waals surface area (Å²) in [6, 6.07) is 14.4. The van der Waals surface area contributed by atoms with Gasteiger partial charge in [0.1, 0.15) is 17.2 Å². The highest BCUT2D eigenvalue weighted by molar-refractivity contribution is 5.86. The number of methoxy groups -OCH3 is 1. The normalized spacial score (nSPS) is 10.5. The molecule has 116 valence electrons. The van der Waals surface area contributed by atoms with Crippen molar-refractivity contribution in [1.82, 2.24) is 4.98 Å². The lowest BCUT2D eigenvalue weighted by Crippen LogP contribution is -1.99. The summed E-state index contributed by atoms with van der Waals surface area (Å²) in [6.45, 7) is 0. The number of fused-ring (bicyclic) bond motifs is 1. The van der Waals surface area contributed by atoms with Gasteiger partial charge >= 0.3 is 5.97 Å². The van der Waals surface area contributed by atoms with Crippen LogP contribution in [0.25, 0.3) is 10.9 Å². The third-order valence-corrected chi connectivity index (χ3v) is 3.42. The van der Waals surface area contributed by atoms with Crippen LogP contribution < -0.4 is 9.47 Å². The lowest BCUT2D eigenvalue weighted by Gasteiger charge is -2.10. The second kappa shape index (κ2) is 6.36. The molecule has 0 radical (unpaired) electrons. The van der Waals surface area contributed by atoms with Crippen LogP contribution in [0.15, 0.2) is 54.7 Å². The molecule has 3 rings (SSSR count). The zero-order chi connectivity index (χ0) is 16.2. The molecule has 5 nitrogen and oxygen atoms in total. The number of carboxylic acids is 1. The van der Waals surface area contributed by atoms with Gasteiger partial charge in [-0.05, 0) is 35.9 Å². The summed E-state index contributed by atoms with van der Waals surface area (Å²) in [7, 11) is 1.61. The van der Waals surface area contributed by atoms with E-state index in [1.54, 1.807) is 43.6 Å². The van der Waals surface area contributed by atoms with E-state index in [9.17, 15) is 4.79 Å². The first-order valence-corrected chi connectivity index (χ1v) is 7.07. The molecule has 5 heteroatoms. The number of carbonyl (C=O) groups is 1. The van der Waals surface area contributed by atoms with Crippen LogP contribution in [0.2, 0.25) is 0 Å². The van der Waals surface area contributed by atoms with Crippen LogP contribution in [-0.4, -0.2) is 23.2 Å². The highest BCUT2D eigenvalue weighted by Crippen LogP contribution is 2.30. The summed E-state index contributed by atoms with van der Waals surface area (Å²) in [5.41, 5.74) is 1.51. The van der Waals surface area contributed by atoms with E-state index in [1.807, 2.05) is 18.2 Å². The van der Waals surface area contributed by atoms with Crippen molar-refractivity contribution in [2.45, 2.75) is 6.42 Å². The Balaban J connectivity index is 1.87. The largest absolute Gasteiger partial charge is 0.497 e. The summed E-state index contributed by atoms with van der Waals surface area (Å²) >= 11 is 0. The molecule has 3 aromatic rings. The lowest BCUT2D eigenvalue weighted by atomic mass is 10.1. The molecule has 0 amide bonds. The van der Waals surface area contributed by atoms with E-state index < -0.39 is 5.97 Å². The molecule has 2 aromatic carbocycles. The van der Waals surface area contributed by atoms with Gasteiger partial charge in [-0.2, -0.15) is 0 Å². The minimum Gasteiger partial charge on any atom is -0.497 e. The number of nitrogens with zero attached hydrogens (tertiary/aromatic N) is 1. The van der Waals surface area contributed by atoms with Gasteiger partial charge in [0.05, 0.1) is 19.0 Å². The number of ether oxygens (including phenoxy) is 2. The quantitative estimate of drug-likeness (QED) is 0.779. The van der Waals surface area contributed by atoms with Gasteiger partial charge in [0.25, 0.3) is 0 Å². The topological polar surface area (TPSA) is 68.7 Å². The Labute approximate surface area is 133 Å². The molecule has 0 saturated heterocycles. The molecule has 1 N–H and O–H groups in total. The van der Waals surface area contributed by atoms with Crippen molar-refractivity contribution in [3.05, 3.63) is 60.3 Å². The number of aliphatic carboxylic acids is 1. The van der Waals surface area contributed by atoms with Crippen LogP contribution in [0.1, 0.15) is 5.56 Å². The molecule has 0 atom stereocenters. The number of benzene rings is 2. The molecular formula is C18H15NO4. The zero-order valence-electron chi connectivity index (χ0n) is 12.5. The van der Waals surface area contributed by atoms with Crippen molar-refractivity contribution in [2.24, 2.45) is 0 Å². The molecule has 0 saturated carbocycles. The van der Waals surface area contributed by atoms with Crippen LogP contribution >= 0.6 is 0 Å². The average molecular weight is 309 g/mol. The third kappa shape index (κ3) is 3.40. The van der Waals surface area contributed by atoms with E-state index in [4.69, 9.17) is 14.6 Å². The number of rotatable bonds is 5. The van der Waals surface area contributed by atoms with Gasteiger partial charge in [-0.15, -0.1) is 0 Å². The fourth-order valence-corrected chi connectivity index (χ4v) is 2.29. The molecular weight excluding hydrogens is 294 g/mol. The van der Waals surface area contributed by atoms with Crippen LogP contribution in [0.3, 0.4) is 0 Å². The maximum Gasteiger partial charge on any atom is 0.307 e. The Morgan fingerprint density at radius 3 is 2.52 bits per heavy atom. The van der Waals surface area contributed by atoms with E-state index in [0.29, 0.717) is 11.5 Å². The third-order valence-electron chi connectivity index (χ3n) is 3.42. The standard InChI is InChI=1S/C18H15NO4/c1-22-14-6-7-15-16(11-14)19-9-8-17(15)23-13-4-2-12(3-5-13)10-18(20)21/h2-9,11H,10H2,1H3,(H,20,21). The van der Waals surface area contributed by atoms with E-state index in [0.717, 1.165) is 22.2 Å². The Kier molecular flexibility index (Phi) is 4.10. The summed E-state index contributed by atoms with van der Waals surface area (Å²) in [6.07, 6.45) is 1.67. The van der Waals surface area contributed by atoms with Crippen LogP contribution in [-0.2, 0) is 11.2 Å². The summed E-state index contributed by atoms with van der Waals surface area (Å²) in [5, 5.41) is 9.66. The number of hydrogen-bond donors (Lipinski definition) is 1. The van der Waals surface area contributed by atoms with Crippen molar-refractivity contribution in [2.75, 3.05) is 7.11 Å². The monoisotopic (exact) mass is 309 g/mol. The van der Waals surface area contributed by atoms with Gasteiger partial charge in [0, 0.05) is 17.6 Å². The minimum absolute atomic E-state index is 0.00172. The van der Waals surface area contributed by atoms with Crippen molar-refractivity contribution in [3.8, 4) is 17.2 Å². The van der Waals surface area contributed by atoms with Crippen molar-refractivity contribution in [1.29, 1.82) is 0 Å². The number of pyridine rings is 1. The van der Waals surface area contributed by atoms with Gasteiger partial charge in [-0.25, -0.2) is 0 Å². The Hall–Kier alpha value is -3.08. The Bertz CT molecular complexity index is 843. The van der Waals surface area contributed by atoms with Gasteiger partial charge in [-0.1, -0.05) is 12.1 Å². The highest BCUT2D eigenvalue weighted by atomic mass is 16.5. The maximum absolute atomic E-state index is 10.7. The van der Waals surface area contributed by atoms with Crippen molar-refractivity contribution >= 4 is 16.9 Å². The molecule has 0 aliphatic carbocycles. The van der Waals surface area contributed by atoms with Gasteiger partial charge in [-0.3, -0.25) is 9.78 Å². The molecule has 0 aliphatic heterocycles. The Morgan fingerprint density at radius 2 is 1.83 bits per heavy atom. The number of hydrogen-bond acceptors (Lipinski definition) is 4. The molecule has 0 unspecified atom stereocenters. The molecule has 1 aromatic heterocycles. The average Bonchev–Trinajstić information content (AvgIpc) is 2.56. The first-order chi connectivity index (χ1) is 11.2. The number of carboxylic acid groups (broad SMARTS) is 1. The first kappa shape index (κ1) is 14.8. The fraction of sp³-hybridized carbons (Fsp3) is 0.111. The van der Waals surface area contributed by atoms with Crippen LogP contribution in [0.5, 0.6) is 17.2 Å². The minimum atomic E-state index is -0.854. The second-order valence-electron chi connectivity index (χ2n) is 5.01. The van der Waals surface area contributed by atoms with Crippen LogP contribution in [0.4, 0.5) is 0 Å². The summed E-state index contributed by atoms with van der Waals surface area (Å²) in [5.74, 6) is 1.21. The SMILES string of the molecule is COc1ccc2c(Oc3ccc(CC(=O)O)cc3)ccnc2c1.